The van der Waals surface area contributed by atoms with Gasteiger partial charge in [-0.1, -0.05) is 12.1 Å². The molecule has 0 aliphatic carbocycles. The highest BCUT2D eigenvalue weighted by Gasteiger charge is 2.24. The van der Waals surface area contributed by atoms with E-state index >= 15 is 0 Å². The third-order valence-electron chi connectivity index (χ3n) is 5.39. The number of carbonyl (C=O) groups is 1. The molecule has 0 spiro atoms. The molecule has 0 unspecified atom stereocenters. The van der Waals surface area contributed by atoms with Crippen LogP contribution in [0.25, 0.3) is 16.8 Å². The quantitative estimate of drug-likeness (QED) is 0.429. The third kappa shape index (κ3) is 3.21. The molecule has 1 N–H and O–H groups in total. The fraction of sp³-hybridized carbons (Fsp3) is 0.333. The zero-order chi connectivity index (χ0) is 19.8. The first-order valence-corrected chi connectivity index (χ1v) is 11.3. The number of aromatic nitrogens is 3. The number of rotatable bonds is 7. The average molecular weight is 460 g/mol. The Bertz CT molecular complexity index is 1150. The van der Waals surface area contributed by atoms with E-state index in [1.807, 2.05) is 35.6 Å². The van der Waals surface area contributed by atoms with Crippen molar-refractivity contribution in [1.29, 1.82) is 0 Å². The molecule has 7 heteroatoms. The molecule has 3 aromatic heterocycles. The molecule has 0 fully saturated rings. The number of nitrogens with zero attached hydrogens (tertiary/aromatic N) is 3. The van der Waals surface area contributed by atoms with Gasteiger partial charge in [0.2, 0.25) is 11.6 Å². The van der Waals surface area contributed by atoms with Gasteiger partial charge in [-0.05, 0) is 61.0 Å². The first-order chi connectivity index (χ1) is 13.5. The number of aryl methyl sites for hydroxylation is 1. The summed E-state index contributed by atoms with van der Waals surface area (Å²) in [7, 11) is 0. The number of ketones is 1. The van der Waals surface area contributed by atoms with E-state index in [1.165, 1.54) is 11.3 Å². The Morgan fingerprint density at radius 2 is 1.86 bits per heavy atom. The normalized spacial score (nSPS) is 11.9. The minimum Gasteiger partial charge on any atom is -0.334 e. The maximum Gasteiger partial charge on any atom is 0.221 e. The lowest BCUT2D eigenvalue weighted by Crippen LogP contribution is -3.11. The summed E-state index contributed by atoms with van der Waals surface area (Å²) in [5.74, 6) is 0.877. The van der Waals surface area contributed by atoms with Crippen LogP contribution in [0.3, 0.4) is 0 Å². The summed E-state index contributed by atoms with van der Waals surface area (Å²) in [6.45, 7) is 10.5. The van der Waals surface area contributed by atoms with E-state index in [0.29, 0.717) is 5.69 Å². The van der Waals surface area contributed by atoms with Gasteiger partial charge in [0.1, 0.15) is 5.69 Å². The van der Waals surface area contributed by atoms with Crippen LogP contribution in [0.15, 0.2) is 40.2 Å². The van der Waals surface area contributed by atoms with E-state index in [9.17, 15) is 4.79 Å². The van der Waals surface area contributed by atoms with Crippen molar-refractivity contribution in [2.75, 3.05) is 19.6 Å². The molecule has 5 nitrogen and oxygen atoms in total. The minimum atomic E-state index is 0.0259. The number of hydrogen-bond donors (Lipinski definition) is 1. The highest BCUT2D eigenvalue weighted by molar-refractivity contribution is 9.11. The van der Waals surface area contributed by atoms with E-state index in [1.54, 1.807) is 4.90 Å². The van der Waals surface area contributed by atoms with E-state index in [4.69, 9.17) is 4.98 Å². The molecular formula is C21H24BrN4OS+. The van der Waals surface area contributed by atoms with E-state index in [2.05, 4.69) is 46.5 Å². The number of thiophene rings is 1. The molecule has 4 aromatic rings. The van der Waals surface area contributed by atoms with Crippen LogP contribution < -0.4 is 4.90 Å². The highest BCUT2D eigenvalue weighted by atomic mass is 79.9. The molecule has 28 heavy (non-hydrogen) atoms. The summed E-state index contributed by atoms with van der Waals surface area (Å²) < 4.78 is 5.26. The fourth-order valence-corrected chi connectivity index (χ4v) is 5.15. The third-order valence-corrected chi connectivity index (χ3v) is 7.01. The lowest BCUT2D eigenvalue weighted by molar-refractivity contribution is -0.897. The average Bonchev–Trinajstić information content (AvgIpc) is 3.35. The van der Waals surface area contributed by atoms with Gasteiger partial charge in [-0.15, -0.1) is 11.3 Å². The van der Waals surface area contributed by atoms with Gasteiger partial charge in [0.05, 0.1) is 51.6 Å². The first kappa shape index (κ1) is 19.4. The molecule has 0 aliphatic rings. The number of nitrogens with one attached hydrogen (secondary N) is 1. The van der Waals surface area contributed by atoms with E-state index in [-0.39, 0.29) is 5.78 Å². The van der Waals surface area contributed by atoms with Crippen LogP contribution in [0.2, 0.25) is 0 Å². The van der Waals surface area contributed by atoms with Gasteiger partial charge in [-0.3, -0.25) is 9.20 Å². The van der Waals surface area contributed by atoms with Crippen LogP contribution in [0, 0.1) is 6.92 Å². The number of quaternary nitrogens is 1. The van der Waals surface area contributed by atoms with Gasteiger partial charge in [0.25, 0.3) is 0 Å². The number of benzene rings is 1. The summed E-state index contributed by atoms with van der Waals surface area (Å²) in [5, 5.41) is 0. The number of carbonyl (C=O) groups excluding carboxylic acids is 1. The van der Waals surface area contributed by atoms with Crippen molar-refractivity contribution < 1.29 is 9.69 Å². The van der Waals surface area contributed by atoms with Crippen molar-refractivity contribution in [2.45, 2.75) is 27.3 Å². The fourth-order valence-electron chi connectivity index (χ4n) is 3.83. The molecule has 4 rings (SSSR count). The van der Waals surface area contributed by atoms with Crippen molar-refractivity contribution in [2.24, 2.45) is 0 Å². The molecule has 3 heterocycles. The van der Waals surface area contributed by atoms with Gasteiger partial charge in [-0.2, -0.15) is 0 Å². The molecule has 0 radical (unpaired) electrons. The van der Waals surface area contributed by atoms with E-state index in [0.717, 1.165) is 57.3 Å². The van der Waals surface area contributed by atoms with Crippen molar-refractivity contribution in [3.05, 3.63) is 56.4 Å². The largest absolute Gasteiger partial charge is 0.334 e. The predicted molar refractivity (Wildman–Crippen MR) is 118 cm³/mol. The van der Waals surface area contributed by atoms with Crippen LogP contribution in [0.5, 0.6) is 0 Å². The van der Waals surface area contributed by atoms with Crippen LogP contribution in [-0.2, 0) is 6.54 Å². The highest BCUT2D eigenvalue weighted by Crippen LogP contribution is 2.29. The summed E-state index contributed by atoms with van der Waals surface area (Å²) in [6.07, 6.45) is 0. The standard InChI is InChI=1S/C21H23BrN4OS/c1-4-24(5-2)12-13-25-15-8-6-7-9-16(15)26-19(14(3)23-21(25)26)20(27)17-10-11-18(22)28-17/h6-11H,4-5,12-13H2,1-3H3/p+1. The monoisotopic (exact) mass is 459 g/mol. The first-order valence-electron chi connectivity index (χ1n) is 9.65. The van der Waals surface area contributed by atoms with Crippen molar-refractivity contribution in [1.82, 2.24) is 14.0 Å². The zero-order valence-electron chi connectivity index (χ0n) is 16.3. The SMILES string of the molecule is CC[NH+](CC)CCn1c2ccccc2n2c(C(=O)c3ccc(Br)s3)c(C)nc12. The number of para-hydroxylation sites is 2. The van der Waals surface area contributed by atoms with Crippen LogP contribution in [0.1, 0.15) is 34.9 Å². The second kappa shape index (κ2) is 7.81. The molecule has 0 atom stereocenters. The summed E-state index contributed by atoms with van der Waals surface area (Å²) in [5.41, 5.74) is 3.60. The van der Waals surface area contributed by atoms with Crippen molar-refractivity contribution in [3.8, 4) is 0 Å². The van der Waals surface area contributed by atoms with Gasteiger partial charge < -0.3 is 9.47 Å². The molecule has 0 saturated heterocycles. The Morgan fingerprint density at radius 3 is 2.50 bits per heavy atom. The molecule has 0 aliphatic heterocycles. The number of halogens is 1. The van der Waals surface area contributed by atoms with Gasteiger partial charge >= 0.3 is 0 Å². The predicted octanol–water partition coefficient (Wildman–Crippen LogP) is 3.58. The molecule has 146 valence electrons. The van der Waals surface area contributed by atoms with E-state index < -0.39 is 0 Å². The minimum absolute atomic E-state index is 0.0259. The summed E-state index contributed by atoms with van der Waals surface area (Å²) in [6, 6.07) is 12.1. The zero-order valence-corrected chi connectivity index (χ0v) is 18.7. The van der Waals surface area contributed by atoms with Gasteiger partial charge in [0, 0.05) is 0 Å². The Labute approximate surface area is 176 Å². The molecule has 1 aromatic carbocycles. The second-order valence-corrected chi connectivity index (χ2v) is 9.42. The second-order valence-electron chi connectivity index (χ2n) is 6.96. The van der Waals surface area contributed by atoms with Crippen LogP contribution in [-0.4, -0.2) is 39.4 Å². The number of hydrogen-bond acceptors (Lipinski definition) is 3. The Balaban J connectivity index is 1.88. The maximum absolute atomic E-state index is 13.3. The van der Waals surface area contributed by atoms with Crippen LogP contribution >= 0.6 is 27.3 Å². The van der Waals surface area contributed by atoms with Crippen molar-refractivity contribution in [3.63, 3.8) is 0 Å². The lowest BCUT2D eigenvalue weighted by Gasteiger charge is -2.15. The van der Waals surface area contributed by atoms with Gasteiger partial charge in [0.15, 0.2) is 0 Å². The summed E-state index contributed by atoms with van der Waals surface area (Å²) >= 11 is 4.92. The van der Waals surface area contributed by atoms with Gasteiger partial charge in [-0.25, -0.2) is 4.98 Å². The Hall–Kier alpha value is -1.96. The Kier molecular flexibility index (Phi) is 5.40. The maximum atomic E-state index is 13.3. The molecule has 0 saturated carbocycles. The number of fused-ring (bicyclic) bond motifs is 3. The van der Waals surface area contributed by atoms with Crippen LogP contribution in [0.4, 0.5) is 0 Å². The number of likely N-dealkylation sites (N-methyl/N-ethyl adjacent to an activating group) is 1. The molecule has 0 bridgehead atoms. The number of imidazole rings is 2. The molecule has 0 amide bonds. The van der Waals surface area contributed by atoms with Crippen molar-refractivity contribution >= 4 is 49.9 Å². The smallest absolute Gasteiger partial charge is 0.221 e. The lowest BCUT2D eigenvalue weighted by atomic mass is 10.2. The molecular weight excluding hydrogens is 436 g/mol. The Morgan fingerprint density at radius 1 is 1.14 bits per heavy atom. The topological polar surface area (TPSA) is 43.7 Å². The summed E-state index contributed by atoms with van der Waals surface area (Å²) in [4.78, 5) is 20.4.